The number of carbonyl (C=O) groups is 2. The molecule has 0 fully saturated rings. The van der Waals surface area contributed by atoms with Crippen LogP contribution < -0.4 is 15.4 Å². The summed E-state index contributed by atoms with van der Waals surface area (Å²) in [5.41, 5.74) is 1.29. The highest BCUT2D eigenvalue weighted by molar-refractivity contribution is 7.98. The number of thioether (sulfide) groups is 1. The summed E-state index contributed by atoms with van der Waals surface area (Å²) >= 11 is 7.71. The lowest BCUT2D eigenvalue weighted by atomic mass is 10.1. The molecule has 2 rings (SSSR count). The van der Waals surface area contributed by atoms with Crippen molar-refractivity contribution in [1.29, 1.82) is 0 Å². The average molecular weight is 421 g/mol. The molecule has 1 unspecified atom stereocenters. The predicted octanol–water partition coefficient (Wildman–Crippen LogP) is 3.91. The Labute approximate surface area is 175 Å². The van der Waals surface area contributed by atoms with E-state index < -0.39 is 6.04 Å². The van der Waals surface area contributed by atoms with Gasteiger partial charge in [0.1, 0.15) is 11.8 Å². The third-order valence-corrected chi connectivity index (χ3v) is 5.00. The highest BCUT2D eigenvalue weighted by Crippen LogP contribution is 2.16. The molecule has 28 heavy (non-hydrogen) atoms. The Morgan fingerprint density at radius 3 is 2.68 bits per heavy atom. The van der Waals surface area contributed by atoms with Crippen LogP contribution in [0.1, 0.15) is 29.3 Å². The van der Waals surface area contributed by atoms with Crippen molar-refractivity contribution in [2.75, 3.05) is 18.6 Å². The molecule has 2 amide bonds. The molecule has 0 aromatic heterocycles. The zero-order valence-electron chi connectivity index (χ0n) is 16.0. The van der Waals surface area contributed by atoms with Crippen LogP contribution >= 0.6 is 23.4 Å². The molecule has 150 valence electrons. The molecule has 0 aliphatic rings. The minimum atomic E-state index is -0.633. The van der Waals surface area contributed by atoms with E-state index in [0.717, 1.165) is 17.1 Å². The largest absolute Gasteiger partial charge is 0.494 e. The lowest BCUT2D eigenvalue weighted by Gasteiger charge is -2.19. The number of carbonyl (C=O) groups excluding carboxylic acids is 2. The summed E-state index contributed by atoms with van der Waals surface area (Å²) < 4.78 is 5.48. The number of amides is 2. The summed E-state index contributed by atoms with van der Waals surface area (Å²) in [5, 5.41) is 6.06. The van der Waals surface area contributed by atoms with Crippen molar-refractivity contribution < 1.29 is 14.3 Å². The fraction of sp³-hybridized carbons (Fsp3) is 0.333. The van der Waals surface area contributed by atoms with Crippen LogP contribution in [0.25, 0.3) is 0 Å². The first-order chi connectivity index (χ1) is 13.5. The van der Waals surface area contributed by atoms with Crippen molar-refractivity contribution >= 4 is 35.2 Å². The quantitative estimate of drug-likeness (QED) is 0.611. The van der Waals surface area contributed by atoms with Crippen LogP contribution in [0.3, 0.4) is 0 Å². The molecule has 0 radical (unpaired) electrons. The van der Waals surface area contributed by atoms with Crippen LogP contribution in [0.4, 0.5) is 0 Å². The highest BCUT2D eigenvalue weighted by atomic mass is 35.5. The first-order valence-electron chi connectivity index (χ1n) is 9.09. The smallest absolute Gasteiger partial charge is 0.253 e. The third-order valence-electron chi connectivity index (χ3n) is 4.03. The molecule has 0 saturated heterocycles. The molecule has 0 aliphatic carbocycles. The molecule has 7 heteroatoms. The maximum Gasteiger partial charge on any atom is 0.253 e. The van der Waals surface area contributed by atoms with E-state index in [0.29, 0.717) is 30.2 Å². The van der Waals surface area contributed by atoms with Crippen LogP contribution in [-0.4, -0.2) is 36.5 Å². The number of rotatable bonds is 10. The fourth-order valence-corrected chi connectivity index (χ4v) is 3.30. The lowest BCUT2D eigenvalue weighted by molar-refractivity contribution is -0.123. The van der Waals surface area contributed by atoms with E-state index in [2.05, 4.69) is 10.6 Å². The summed E-state index contributed by atoms with van der Waals surface area (Å²) in [6.07, 6.45) is 2.49. The van der Waals surface area contributed by atoms with Crippen molar-refractivity contribution in [3.63, 3.8) is 0 Å². The van der Waals surface area contributed by atoms with Gasteiger partial charge in [0.2, 0.25) is 5.91 Å². The van der Waals surface area contributed by atoms with Gasteiger partial charge in [0.25, 0.3) is 5.91 Å². The van der Waals surface area contributed by atoms with Gasteiger partial charge in [-0.2, -0.15) is 11.8 Å². The Hall–Kier alpha value is -2.18. The predicted molar refractivity (Wildman–Crippen MR) is 115 cm³/mol. The second-order valence-corrected chi connectivity index (χ2v) is 7.48. The molecule has 2 aromatic carbocycles. The molecule has 0 bridgehead atoms. The molecule has 2 aromatic rings. The number of hydrogen-bond acceptors (Lipinski definition) is 4. The fourth-order valence-electron chi connectivity index (χ4n) is 2.61. The van der Waals surface area contributed by atoms with E-state index in [1.54, 1.807) is 36.0 Å². The number of halogens is 1. The van der Waals surface area contributed by atoms with Crippen molar-refractivity contribution in [2.24, 2.45) is 0 Å². The monoisotopic (exact) mass is 420 g/mol. The van der Waals surface area contributed by atoms with Gasteiger partial charge >= 0.3 is 0 Å². The molecular formula is C21H25ClN2O3S. The summed E-state index contributed by atoms with van der Waals surface area (Å²) in [6.45, 7) is 2.87. The summed E-state index contributed by atoms with van der Waals surface area (Å²) in [5.74, 6) is 0.933. The van der Waals surface area contributed by atoms with Crippen LogP contribution in [0.5, 0.6) is 5.75 Å². The molecular weight excluding hydrogens is 396 g/mol. The van der Waals surface area contributed by atoms with E-state index >= 15 is 0 Å². The zero-order valence-corrected chi connectivity index (χ0v) is 17.6. The molecule has 0 heterocycles. The van der Waals surface area contributed by atoms with E-state index in [-0.39, 0.29) is 11.8 Å². The Morgan fingerprint density at radius 1 is 1.18 bits per heavy atom. The number of hydrogen-bond donors (Lipinski definition) is 2. The van der Waals surface area contributed by atoms with Crippen molar-refractivity contribution in [3.8, 4) is 5.75 Å². The van der Waals surface area contributed by atoms with Gasteiger partial charge in [-0.05, 0) is 55.2 Å². The standard InChI is InChI=1S/C21H25ClN2O3S/c1-3-27-16-8-6-7-15(13-16)14-23-21(26)19(11-12-28-2)24-20(25)17-9-4-5-10-18(17)22/h4-10,13,19H,3,11-12,14H2,1-2H3,(H,23,26)(H,24,25). The maximum atomic E-state index is 12.7. The molecule has 2 N–H and O–H groups in total. The van der Waals surface area contributed by atoms with Crippen LogP contribution in [0.15, 0.2) is 48.5 Å². The topological polar surface area (TPSA) is 67.4 Å². The van der Waals surface area contributed by atoms with Gasteiger partial charge < -0.3 is 15.4 Å². The molecule has 0 spiro atoms. The minimum absolute atomic E-state index is 0.226. The second-order valence-electron chi connectivity index (χ2n) is 6.09. The van der Waals surface area contributed by atoms with Gasteiger partial charge in [0, 0.05) is 6.54 Å². The van der Waals surface area contributed by atoms with Gasteiger partial charge in [-0.3, -0.25) is 9.59 Å². The zero-order chi connectivity index (χ0) is 20.4. The first kappa shape index (κ1) is 22.1. The van der Waals surface area contributed by atoms with E-state index in [9.17, 15) is 9.59 Å². The van der Waals surface area contributed by atoms with Gasteiger partial charge in [-0.15, -0.1) is 0 Å². The van der Waals surface area contributed by atoms with Crippen molar-refractivity contribution in [3.05, 3.63) is 64.7 Å². The van der Waals surface area contributed by atoms with E-state index in [4.69, 9.17) is 16.3 Å². The van der Waals surface area contributed by atoms with Gasteiger partial charge in [-0.25, -0.2) is 0 Å². The second kappa shape index (κ2) is 11.6. The maximum absolute atomic E-state index is 12.7. The Balaban J connectivity index is 2.01. The number of nitrogens with one attached hydrogen (secondary N) is 2. The van der Waals surface area contributed by atoms with Crippen LogP contribution in [0, 0.1) is 0 Å². The van der Waals surface area contributed by atoms with E-state index in [1.807, 2.05) is 37.4 Å². The molecule has 5 nitrogen and oxygen atoms in total. The highest BCUT2D eigenvalue weighted by Gasteiger charge is 2.22. The average Bonchev–Trinajstić information content (AvgIpc) is 2.70. The SMILES string of the molecule is CCOc1cccc(CNC(=O)C(CCSC)NC(=O)c2ccccc2Cl)c1. The number of ether oxygens (including phenoxy) is 1. The summed E-state index contributed by atoms with van der Waals surface area (Å²) in [6, 6.07) is 13.7. The van der Waals surface area contributed by atoms with Crippen molar-refractivity contribution in [1.82, 2.24) is 10.6 Å². The van der Waals surface area contributed by atoms with Gasteiger partial charge in [-0.1, -0.05) is 35.9 Å². The Bertz CT molecular complexity index is 801. The van der Waals surface area contributed by atoms with E-state index in [1.165, 1.54) is 0 Å². The van der Waals surface area contributed by atoms with Gasteiger partial charge in [0.05, 0.1) is 17.2 Å². The Morgan fingerprint density at radius 2 is 1.96 bits per heavy atom. The normalized spacial score (nSPS) is 11.5. The Kier molecular flexibility index (Phi) is 9.17. The minimum Gasteiger partial charge on any atom is -0.494 e. The molecule has 0 aliphatic heterocycles. The molecule has 0 saturated carbocycles. The van der Waals surface area contributed by atoms with Crippen LogP contribution in [-0.2, 0) is 11.3 Å². The lowest BCUT2D eigenvalue weighted by Crippen LogP contribution is -2.47. The summed E-state index contributed by atoms with van der Waals surface area (Å²) in [7, 11) is 0. The first-order valence-corrected chi connectivity index (χ1v) is 10.9. The summed E-state index contributed by atoms with van der Waals surface area (Å²) in [4.78, 5) is 25.2. The molecule has 1 atom stereocenters. The van der Waals surface area contributed by atoms with Crippen LogP contribution in [0.2, 0.25) is 5.02 Å². The number of benzene rings is 2. The van der Waals surface area contributed by atoms with Gasteiger partial charge in [0.15, 0.2) is 0 Å². The third kappa shape index (κ3) is 6.77. The van der Waals surface area contributed by atoms with Crippen molar-refractivity contribution in [2.45, 2.75) is 25.9 Å².